The number of nitrogens with zero attached hydrogens (tertiary/aromatic N) is 1. The summed E-state index contributed by atoms with van der Waals surface area (Å²) in [5.41, 5.74) is 2.00. The molecule has 1 aromatic rings. The Hall–Kier alpha value is -2.04. The molecule has 1 heterocycles. The molecular formula is C16H23N3O2. The topological polar surface area (TPSA) is 61.4 Å². The standard InChI is InChI=1S/C16H23N3O2/c1-4-19(5-2)16(21)11(3)18-15(20)13-10-17-14-9-7-6-8-12(13)14/h6-9,11,13,17H,4-5,10H2,1-3H3,(H,18,20). The number of benzene rings is 1. The minimum atomic E-state index is -0.495. The Bertz CT molecular complexity index is 526. The molecule has 0 saturated carbocycles. The average Bonchev–Trinajstić information content (AvgIpc) is 2.92. The first-order valence-electron chi connectivity index (χ1n) is 7.50. The molecule has 5 heteroatoms. The van der Waals surface area contributed by atoms with Gasteiger partial charge in [0.2, 0.25) is 11.8 Å². The van der Waals surface area contributed by atoms with Crippen molar-refractivity contribution in [1.29, 1.82) is 0 Å². The maximum absolute atomic E-state index is 12.4. The Morgan fingerprint density at radius 2 is 2.00 bits per heavy atom. The van der Waals surface area contributed by atoms with Gasteiger partial charge in [0.15, 0.2) is 0 Å². The normalized spacial score (nSPS) is 17.6. The van der Waals surface area contributed by atoms with Crippen LogP contribution in [-0.4, -0.2) is 42.4 Å². The van der Waals surface area contributed by atoms with Gasteiger partial charge in [-0.1, -0.05) is 18.2 Å². The van der Waals surface area contributed by atoms with Crippen LogP contribution >= 0.6 is 0 Å². The summed E-state index contributed by atoms with van der Waals surface area (Å²) in [6.45, 7) is 7.51. The summed E-state index contributed by atoms with van der Waals surface area (Å²) in [5, 5.41) is 6.06. The lowest BCUT2D eigenvalue weighted by Gasteiger charge is -2.24. The summed E-state index contributed by atoms with van der Waals surface area (Å²) in [7, 11) is 0. The second-order valence-corrected chi connectivity index (χ2v) is 5.26. The van der Waals surface area contributed by atoms with Gasteiger partial charge < -0.3 is 15.5 Å². The zero-order valence-corrected chi connectivity index (χ0v) is 12.8. The van der Waals surface area contributed by atoms with E-state index in [0.717, 1.165) is 11.3 Å². The Labute approximate surface area is 125 Å². The van der Waals surface area contributed by atoms with Gasteiger partial charge in [-0.05, 0) is 32.4 Å². The number of anilines is 1. The van der Waals surface area contributed by atoms with Crippen LogP contribution in [0.1, 0.15) is 32.3 Å². The molecule has 21 heavy (non-hydrogen) atoms. The molecule has 2 N–H and O–H groups in total. The Morgan fingerprint density at radius 1 is 1.33 bits per heavy atom. The van der Waals surface area contributed by atoms with Crippen molar-refractivity contribution in [2.24, 2.45) is 0 Å². The van der Waals surface area contributed by atoms with Crippen molar-refractivity contribution in [3.63, 3.8) is 0 Å². The highest BCUT2D eigenvalue weighted by molar-refractivity contribution is 5.92. The van der Waals surface area contributed by atoms with Crippen LogP contribution in [0.4, 0.5) is 5.69 Å². The summed E-state index contributed by atoms with van der Waals surface area (Å²) in [4.78, 5) is 26.3. The van der Waals surface area contributed by atoms with Gasteiger partial charge in [-0.15, -0.1) is 0 Å². The number of likely N-dealkylation sites (N-methyl/N-ethyl adjacent to an activating group) is 1. The molecule has 5 nitrogen and oxygen atoms in total. The average molecular weight is 289 g/mol. The smallest absolute Gasteiger partial charge is 0.244 e. The van der Waals surface area contributed by atoms with Crippen LogP contribution < -0.4 is 10.6 Å². The van der Waals surface area contributed by atoms with Crippen molar-refractivity contribution in [1.82, 2.24) is 10.2 Å². The molecule has 0 saturated heterocycles. The maximum atomic E-state index is 12.4. The van der Waals surface area contributed by atoms with Crippen LogP contribution in [-0.2, 0) is 9.59 Å². The van der Waals surface area contributed by atoms with Crippen LogP contribution in [0.5, 0.6) is 0 Å². The van der Waals surface area contributed by atoms with Gasteiger partial charge in [-0.3, -0.25) is 9.59 Å². The number of nitrogens with one attached hydrogen (secondary N) is 2. The molecule has 2 unspecified atom stereocenters. The number of para-hydroxylation sites is 1. The Morgan fingerprint density at radius 3 is 2.67 bits per heavy atom. The van der Waals surface area contributed by atoms with E-state index in [0.29, 0.717) is 19.6 Å². The summed E-state index contributed by atoms with van der Waals surface area (Å²) >= 11 is 0. The van der Waals surface area contributed by atoms with Gasteiger partial charge in [0.25, 0.3) is 0 Å². The lowest BCUT2D eigenvalue weighted by molar-refractivity contribution is -0.135. The van der Waals surface area contributed by atoms with E-state index in [1.165, 1.54) is 0 Å². The Balaban J connectivity index is 2.01. The minimum absolute atomic E-state index is 0.0346. The first-order chi connectivity index (χ1) is 10.1. The molecule has 114 valence electrons. The number of rotatable bonds is 5. The van der Waals surface area contributed by atoms with Gasteiger partial charge in [0.05, 0.1) is 5.92 Å². The largest absolute Gasteiger partial charge is 0.384 e. The number of carbonyl (C=O) groups excluding carboxylic acids is 2. The van der Waals surface area contributed by atoms with Crippen LogP contribution in [0.2, 0.25) is 0 Å². The fourth-order valence-electron chi connectivity index (χ4n) is 2.70. The molecule has 0 fully saturated rings. The summed E-state index contributed by atoms with van der Waals surface area (Å²) < 4.78 is 0. The fourth-order valence-corrected chi connectivity index (χ4v) is 2.70. The molecule has 0 bridgehead atoms. The monoisotopic (exact) mass is 289 g/mol. The molecule has 0 spiro atoms. The highest BCUT2D eigenvalue weighted by atomic mass is 16.2. The zero-order chi connectivity index (χ0) is 15.4. The van der Waals surface area contributed by atoms with Crippen molar-refractivity contribution in [2.75, 3.05) is 25.0 Å². The molecule has 2 amide bonds. The van der Waals surface area contributed by atoms with Gasteiger partial charge in [-0.25, -0.2) is 0 Å². The molecule has 1 aliphatic heterocycles. The second kappa shape index (κ2) is 6.61. The number of hydrogen-bond acceptors (Lipinski definition) is 3. The highest BCUT2D eigenvalue weighted by Crippen LogP contribution is 2.31. The summed E-state index contributed by atoms with van der Waals surface area (Å²) in [6, 6.07) is 7.30. The number of hydrogen-bond donors (Lipinski definition) is 2. The first-order valence-corrected chi connectivity index (χ1v) is 7.50. The second-order valence-electron chi connectivity index (χ2n) is 5.26. The van der Waals surface area contributed by atoms with Gasteiger partial charge in [0.1, 0.15) is 6.04 Å². The van der Waals surface area contributed by atoms with E-state index < -0.39 is 6.04 Å². The van der Waals surface area contributed by atoms with E-state index in [9.17, 15) is 9.59 Å². The minimum Gasteiger partial charge on any atom is -0.384 e. The van der Waals surface area contributed by atoms with E-state index >= 15 is 0 Å². The molecular weight excluding hydrogens is 266 g/mol. The van der Waals surface area contributed by atoms with E-state index in [-0.39, 0.29) is 17.7 Å². The fraction of sp³-hybridized carbons (Fsp3) is 0.500. The molecule has 1 aromatic carbocycles. The van der Waals surface area contributed by atoms with Crippen LogP contribution in [0.15, 0.2) is 24.3 Å². The van der Waals surface area contributed by atoms with E-state index in [4.69, 9.17) is 0 Å². The summed E-state index contributed by atoms with van der Waals surface area (Å²) in [6.07, 6.45) is 0. The summed E-state index contributed by atoms with van der Waals surface area (Å²) in [5.74, 6) is -0.360. The maximum Gasteiger partial charge on any atom is 0.244 e. The number of fused-ring (bicyclic) bond motifs is 1. The third kappa shape index (κ3) is 3.17. The lowest BCUT2D eigenvalue weighted by atomic mass is 10.0. The highest BCUT2D eigenvalue weighted by Gasteiger charge is 2.30. The first kappa shape index (κ1) is 15.4. The third-order valence-electron chi connectivity index (χ3n) is 3.95. The van der Waals surface area contributed by atoms with Crippen LogP contribution in [0.3, 0.4) is 0 Å². The third-order valence-corrected chi connectivity index (χ3v) is 3.95. The van der Waals surface area contributed by atoms with E-state index in [2.05, 4.69) is 10.6 Å². The number of carbonyl (C=O) groups is 2. The van der Waals surface area contributed by atoms with Gasteiger partial charge in [0, 0.05) is 25.3 Å². The van der Waals surface area contributed by atoms with Crippen LogP contribution in [0, 0.1) is 0 Å². The Kier molecular flexibility index (Phi) is 4.83. The van der Waals surface area contributed by atoms with Gasteiger partial charge >= 0.3 is 0 Å². The van der Waals surface area contributed by atoms with E-state index in [1.807, 2.05) is 38.1 Å². The molecule has 1 aliphatic rings. The number of amides is 2. The SMILES string of the molecule is CCN(CC)C(=O)C(C)NC(=O)C1CNc2ccccc21. The van der Waals surface area contributed by atoms with Crippen molar-refractivity contribution in [3.8, 4) is 0 Å². The van der Waals surface area contributed by atoms with Gasteiger partial charge in [-0.2, -0.15) is 0 Å². The van der Waals surface area contributed by atoms with Crippen molar-refractivity contribution >= 4 is 17.5 Å². The predicted molar refractivity (Wildman–Crippen MR) is 83.2 cm³/mol. The molecule has 2 rings (SSSR count). The van der Waals surface area contributed by atoms with Crippen molar-refractivity contribution in [2.45, 2.75) is 32.7 Å². The van der Waals surface area contributed by atoms with Crippen molar-refractivity contribution in [3.05, 3.63) is 29.8 Å². The molecule has 0 radical (unpaired) electrons. The van der Waals surface area contributed by atoms with E-state index in [1.54, 1.807) is 11.8 Å². The quantitative estimate of drug-likeness (QED) is 0.865. The predicted octanol–water partition coefficient (Wildman–Crippen LogP) is 1.57. The molecule has 0 aromatic heterocycles. The van der Waals surface area contributed by atoms with Crippen LogP contribution in [0.25, 0.3) is 0 Å². The molecule has 2 atom stereocenters. The van der Waals surface area contributed by atoms with Crippen molar-refractivity contribution < 1.29 is 9.59 Å². The zero-order valence-electron chi connectivity index (χ0n) is 12.8. The lowest BCUT2D eigenvalue weighted by Crippen LogP contribution is -2.48. The molecule has 0 aliphatic carbocycles.